The summed E-state index contributed by atoms with van der Waals surface area (Å²) in [6, 6.07) is 7.38. The van der Waals surface area contributed by atoms with Gasteiger partial charge in [0.15, 0.2) is 4.96 Å². The van der Waals surface area contributed by atoms with Gasteiger partial charge in [-0.3, -0.25) is 9.20 Å². The van der Waals surface area contributed by atoms with Gasteiger partial charge in [-0.15, -0.1) is 23.1 Å². The number of thiazole rings is 1. The molecule has 2 aromatic heterocycles. The van der Waals surface area contributed by atoms with E-state index in [0.717, 1.165) is 31.4 Å². The monoisotopic (exact) mass is 381 g/mol. The van der Waals surface area contributed by atoms with Crippen molar-refractivity contribution in [2.75, 3.05) is 5.73 Å². The minimum Gasteiger partial charge on any atom is -0.398 e. The summed E-state index contributed by atoms with van der Waals surface area (Å²) in [5.74, 6) is 0.620. The van der Waals surface area contributed by atoms with Gasteiger partial charge in [0.25, 0.3) is 5.56 Å². The number of nitrogens with zero attached hydrogens (tertiary/aromatic N) is 2. The summed E-state index contributed by atoms with van der Waals surface area (Å²) in [7, 11) is 0. The van der Waals surface area contributed by atoms with Gasteiger partial charge in [-0.05, 0) is 25.1 Å². The molecule has 1 aromatic carbocycles. The third kappa shape index (κ3) is 3.00. The molecule has 0 fully saturated rings. The van der Waals surface area contributed by atoms with Crippen molar-refractivity contribution in [3.05, 3.63) is 55.9 Å². The fourth-order valence-corrected chi connectivity index (χ4v) is 4.09. The van der Waals surface area contributed by atoms with Crippen molar-refractivity contribution in [2.24, 2.45) is 0 Å². The maximum atomic E-state index is 12.1. The molecule has 7 heteroatoms. The largest absolute Gasteiger partial charge is 0.398 e. The van der Waals surface area contributed by atoms with Crippen molar-refractivity contribution < 1.29 is 0 Å². The maximum Gasteiger partial charge on any atom is 0.258 e. The molecule has 0 bridgehead atoms. The Morgan fingerprint density at radius 2 is 2.24 bits per heavy atom. The van der Waals surface area contributed by atoms with Gasteiger partial charge in [-0.1, -0.05) is 15.9 Å². The van der Waals surface area contributed by atoms with Crippen molar-refractivity contribution >= 4 is 49.7 Å². The Bertz CT molecular complexity index is 872. The van der Waals surface area contributed by atoms with E-state index in [9.17, 15) is 4.79 Å². The van der Waals surface area contributed by atoms with Crippen LogP contribution < -0.4 is 11.3 Å². The highest BCUT2D eigenvalue weighted by Crippen LogP contribution is 2.29. The summed E-state index contributed by atoms with van der Waals surface area (Å²) in [6.07, 6.45) is 0. The second kappa shape index (κ2) is 5.82. The predicted octanol–water partition coefficient (Wildman–Crippen LogP) is 3.70. The molecule has 4 nitrogen and oxygen atoms in total. The quantitative estimate of drug-likeness (QED) is 0.554. The second-order valence-corrected chi connectivity index (χ2v) is 7.32. The lowest BCUT2D eigenvalue weighted by Crippen LogP contribution is -2.14. The number of aryl methyl sites for hydroxylation is 1. The number of rotatable bonds is 3. The van der Waals surface area contributed by atoms with E-state index >= 15 is 0 Å². The molecule has 0 radical (unpaired) electrons. The highest BCUT2D eigenvalue weighted by Gasteiger charge is 2.08. The summed E-state index contributed by atoms with van der Waals surface area (Å²) in [4.78, 5) is 18.3. The molecule has 0 unspecified atom stereocenters. The Balaban J connectivity index is 1.87. The van der Waals surface area contributed by atoms with Crippen LogP contribution in [0, 0.1) is 6.92 Å². The number of benzene rings is 1. The first kappa shape index (κ1) is 14.6. The molecule has 0 atom stereocenters. The molecule has 0 amide bonds. The summed E-state index contributed by atoms with van der Waals surface area (Å²) in [5.41, 5.74) is 8.36. The Morgan fingerprint density at radius 1 is 1.43 bits per heavy atom. The molecule has 2 N–H and O–H groups in total. The Labute approximate surface area is 138 Å². The van der Waals surface area contributed by atoms with Crippen LogP contribution in [-0.4, -0.2) is 9.38 Å². The van der Waals surface area contributed by atoms with Crippen LogP contribution in [-0.2, 0) is 5.75 Å². The molecule has 2 heterocycles. The van der Waals surface area contributed by atoms with Crippen LogP contribution >= 0.6 is 39.0 Å². The number of nitrogen functional groups attached to an aromatic ring is 1. The molecule has 0 aliphatic carbocycles. The number of hydrogen-bond acceptors (Lipinski definition) is 5. The summed E-state index contributed by atoms with van der Waals surface area (Å²) in [6.45, 7) is 1.91. The normalized spacial score (nSPS) is 11.1. The molecule has 0 aliphatic rings. The number of thioether (sulfide) groups is 1. The van der Waals surface area contributed by atoms with Crippen molar-refractivity contribution in [2.45, 2.75) is 17.6 Å². The first-order valence-electron chi connectivity index (χ1n) is 6.19. The smallest absolute Gasteiger partial charge is 0.258 e. The zero-order chi connectivity index (χ0) is 15.0. The lowest BCUT2D eigenvalue weighted by atomic mass is 10.3. The van der Waals surface area contributed by atoms with E-state index in [1.807, 2.05) is 30.5 Å². The Morgan fingerprint density at radius 3 is 3.00 bits per heavy atom. The molecule has 0 spiro atoms. The average Bonchev–Trinajstić information content (AvgIpc) is 2.80. The van der Waals surface area contributed by atoms with E-state index in [1.165, 1.54) is 11.3 Å². The van der Waals surface area contributed by atoms with Crippen LogP contribution in [0.2, 0.25) is 0 Å². The van der Waals surface area contributed by atoms with Crippen LogP contribution in [0.3, 0.4) is 0 Å². The molecule has 0 saturated carbocycles. The van der Waals surface area contributed by atoms with Crippen LogP contribution in [0.15, 0.2) is 43.8 Å². The number of aromatic nitrogens is 2. The molecular weight excluding hydrogens is 370 g/mol. The highest BCUT2D eigenvalue weighted by atomic mass is 79.9. The fraction of sp³-hybridized carbons (Fsp3) is 0.143. The van der Waals surface area contributed by atoms with Gasteiger partial charge < -0.3 is 5.73 Å². The molecule has 21 heavy (non-hydrogen) atoms. The third-order valence-electron chi connectivity index (χ3n) is 2.98. The van der Waals surface area contributed by atoms with Gasteiger partial charge in [0.2, 0.25) is 0 Å². The van der Waals surface area contributed by atoms with Crippen LogP contribution in [0.25, 0.3) is 4.96 Å². The van der Waals surface area contributed by atoms with Gasteiger partial charge in [-0.2, -0.15) is 0 Å². The zero-order valence-corrected chi connectivity index (χ0v) is 14.4. The Kier molecular flexibility index (Phi) is 4.05. The van der Waals surface area contributed by atoms with Crippen molar-refractivity contribution in [1.82, 2.24) is 9.38 Å². The van der Waals surface area contributed by atoms with Crippen molar-refractivity contribution in [3.8, 4) is 0 Å². The SMILES string of the molecule is Cc1csc2nc(CSc3ccc(Br)cc3N)cc(=O)n12. The molecule has 108 valence electrons. The van der Waals surface area contributed by atoms with Crippen molar-refractivity contribution in [1.29, 1.82) is 0 Å². The van der Waals surface area contributed by atoms with E-state index in [1.54, 1.807) is 22.2 Å². The van der Waals surface area contributed by atoms with E-state index in [4.69, 9.17) is 5.73 Å². The van der Waals surface area contributed by atoms with Crippen LogP contribution in [0.4, 0.5) is 5.69 Å². The minimum absolute atomic E-state index is 0.0295. The molecule has 0 saturated heterocycles. The lowest BCUT2D eigenvalue weighted by Gasteiger charge is -2.06. The standard InChI is InChI=1S/C14H12BrN3OS2/c1-8-6-21-14-17-10(5-13(19)18(8)14)7-20-12-3-2-9(15)4-11(12)16/h2-6H,7,16H2,1H3. The topological polar surface area (TPSA) is 60.4 Å². The number of anilines is 1. The summed E-state index contributed by atoms with van der Waals surface area (Å²) in [5, 5.41) is 1.94. The summed E-state index contributed by atoms with van der Waals surface area (Å²) >= 11 is 6.45. The maximum absolute atomic E-state index is 12.1. The molecule has 3 rings (SSSR count). The first-order valence-corrected chi connectivity index (χ1v) is 8.85. The molecule has 3 aromatic rings. The first-order chi connectivity index (χ1) is 10.0. The van der Waals surface area contributed by atoms with Crippen LogP contribution in [0.5, 0.6) is 0 Å². The predicted molar refractivity (Wildman–Crippen MR) is 92.2 cm³/mol. The number of halogens is 1. The van der Waals surface area contributed by atoms with E-state index in [2.05, 4.69) is 20.9 Å². The van der Waals surface area contributed by atoms with Gasteiger partial charge in [-0.25, -0.2) is 4.98 Å². The van der Waals surface area contributed by atoms with Gasteiger partial charge in [0.05, 0.1) is 5.69 Å². The second-order valence-electron chi connectivity index (χ2n) is 4.55. The number of fused-ring (bicyclic) bond motifs is 1. The van der Waals surface area contributed by atoms with E-state index in [-0.39, 0.29) is 5.56 Å². The third-order valence-corrected chi connectivity index (χ3v) is 5.54. The van der Waals surface area contributed by atoms with Crippen molar-refractivity contribution in [3.63, 3.8) is 0 Å². The minimum atomic E-state index is -0.0295. The highest BCUT2D eigenvalue weighted by molar-refractivity contribution is 9.10. The average molecular weight is 382 g/mol. The van der Waals surface area contributed by atoms with Crippen LogP contribution in [0.1, 0.15) is 11.4 Å². The lowest BCUT2D eigenvalue weighted by molar-refractivity contribution is 0.997. The molecule has 0 aliphatic heterocycles. The van der Waals surface area contributed by atoms with Gasteiger partial charge in [0.1, 0.15) is 0 Å². The molecular formula is C14H12BrN3OS2. The van der Waals surface area contributed by atoms with Gasteiger partial charge >= 0.3 is 0 Å². The zero-order valence-electron chi connectivity index (χ0n) is 11.2. The van der Waals surface area contributed by atoms with E-state index < -0.39 is 0 Å². The fourth-order valence-electron chi connectivity index (χ4n) is 1.98. The van der Waals surface area contributed by atoms with E-state index in [0.29, 0.717) is 5.75 Å². The van der Waals surface area contributed by atoms with Gasteiger partial charge in [0, 0.05) is 37.9 Å². The Hall–Kier alpha value is -1.31. The summed E-state index contributed by atoms with van der Waals surface area (Å²) < 4.78 is 2.59. The number of nitrogens with two attached hydrogens (primary N) is 1. The number of hydrogen-bond donors (Lipinski definition) is 1.